The molecule has 0 bridgehead atoms. The van der Waals surface area contributed by atoms with Crippen LogP contribution in [0.15, 0.2) is 24.4 Å². The summed E-state index contributed by atoms with van der Waals surface area (Å²) in [5.74, 6) is 0. The lowest BCUT2D eigenvalue weighted by Crippen LogP contribution is -2.17. The Morgan fingerprint density at radius 2 is 2.07 bits per heavy atom. The number of benzene rings is 1. The van der Waals surface area contributed by atoms with Gasteiger partial charge in [-0.3, -0.25) is 4.68 Å². The molecule has 1 heterocycles. The van der Waals surface area contributed by atoms with E-state index in [9.17, 15) is 13.2 Å². The smallest absolute Gasteiger partial charge is 0.262 e. The van der Waals surface area contributed by atoms with Gasteiger partial charge in [0.25, 0.3) is 0 Å². The third-order valence-corrected chi connectivity index (χ3v) is 2.13. The molecule has 1 aromatic carbocycles. The molecule has 0 aliphatic heterocycles. The molecule has 1 aromatic heterocycles. The van der Waals surface area contributed by atoms with Crippen molar-refractivity contribution < 1.29 is 13.2 Å². The maximum Gasteiger partial charge on any atom is 0.408 e. The zero-order valence-electron chi connectivity index (χ0n) is 8.04. The van der Waals surface area contributed by atoms with Crippen molar-refractivity contribution in [3.63, 3.8) is 0 Å². The maximum atomic E-state index is 12.1. The average molecular weight is 214 g/mol. The van der Waals surface area contributed by atoms with Crippen LogP contribution in [0.2, 0.25) is 0 Å². The lowest BCUT2D eigenvalue weighted by atomic mass is 10.2. The Morgan fingerprint density at radius 1 is 1.33 bits per heavy atom. The van der Waals surface area contributed by atoms with Crippen LogP contribution in [0.5, 0.6) is 0 Å². The molecule has 80 valence electrons. The highest BCUT2D eigenvalue weighted by molar-refractivity contribution is 5.81. The lowest BCUT2D eigenvalue weighted by Gasteiger charge is -2.04. The Bertz CT molecular complexity index is 485. The number of nitrogens with zero attached hydrogens (tertiary/aromatic N) is 2. The summed E-state index contributed by atoms with van der Waals surface area (Å²) in [6.45, 7) is 0.786. The second-order valence-corrected chi connectivity index (χ2v) is 3.45. The Morgan fingerprint density at radius 3 is 2.67 bits per heavy atom. The average Bonchev–Trinajstić information content (AvgIpc) is 2.45. The van der Waals surface area contributed by atoms with Crippen molar-refractivity contribution in [1.82, 2.24) is 9.78 Å². The number of hydrogen-bond acceptors (Lipinski definition) is 1. The van der Waals surface area contributed by atoms with Crippen LogP contribution < -0.4 is 0 Å². The van der Waals surface area contributed by atoms with Crippen LogP contribution in [0.3, 0.4) is 0 Å². The van der Waals surface area contributed by atoms with E-state index in [0.717, 1.165) is 15.6 Å². The SMILES string of the molecule is Cc1cccc2cn(CC(F)(F)F)nc12. The first kappa shape index (κ1) is 10.0. The first-order valence-corrected chi connectivity index (χ1v) is 4.45. The number of hydrogen-bond donors (Lipinski definition) is 0. The van der Waals surface area contributed by atoms with Crippen molar-refractivity contribution in [3.05, 3.63) is 30.0 Å². The molecule has 0 amide bonds. The van der Waals surface area contributed by atoms with Gasteiger partial charge in [0, 0.05) is 11.6 Å². The summed E-state index contributed by atoms with van der Waals surface area (Å²) < 4.78 is 37.3. The Kier molecular flexibility index (Phi) is 2.17. The second kappa shape index (κ2) is 3.25. The van der Waals surface area contributed by atoms with Crippen molar-refractivity contribution in [2.24, 2.45) is 0 Å². The van der Waals surface area contributed by atoms with Gasteiger partial charge in [0.15, 0.2) is 0 Å². The van der Waals surface area contributed by atoms with Crippen molar-refractivity contribution in [2.75, 3.05) is 0 Å². The molecular weight excluding hydrogens is 205 g/mol. The topological polar surface area (TPSA) is 17.8 Å². The van der Waals surface area contributed by atoms with Crippen molar-refractivity contribution >= 4 is 10.9 Å². The molecular formula is C10H9F3N2. The summed E-state index contributed by atoms with van der Waals surface area (Å²) in [5, 5.41) is 4.63. The third-order valence-electron chi connectivity index (χ3n) is 2.13. The molecule has 0 N–H and O–H groups in total. The van der Waals surface area contributed by atoms with E-state index < -0.39 is 12.7 Å². The van der Waals surface area contributed by atoms with Crippen molar-refractivity contribution in [3.8, 4) is 0 Å². The first-order valence-electron chi connectivity index (χ1n) is 4.45. The monoisotopic (exact) mass is 214 g/mol. The quantitative estimate of drug-likeness (QED) is 0.713. The molecule has 0 atom stereocenters. The fraction of sp³-hybridized carbons (Fsp3) is 0.300. The van der Waals surface area contributed by atoms with Gasteiger partial charge in [0.05, 0.1) is 5.52 Å². The van der Waals surface area contributed by atoms with Gasteiger partial charge in [0.1, 0.15) is 6.54 Å². The van der Waals surface area contributed by atoms with Gasteiger partial charge in [-0.2, -0.15) is 18.3 Å². The summed E-state index contributed by atoms with van der Waals surface area (Å²) in [6, 6.07) is 5.38. The van der Waals surface area contributed by atoms with Gasteiger partial charge in [-0.1, -0.05) is 18.2 Å². The molecule has 0 saturated heterocycles. The van der Waals surface area contributed by atoms with Crippen molar-refractivity contribution in [1.29, 1.82) is 0 Å². The minimum absolute atomic E-state index is 0.627. The van der Waals surface area contributed by atoms with Gasteiger partial charge in [-0.15, -0.1) is 0 Å². The second-order valence-electron chi connectivity index (χ2n) is 3.45. The van der Waals surface area contributed by atoms with Gasteiger partial charge in [-0.25, -0.2) is 0 Å². The van der Waals surface area contributed by atoms with Gasteiger partial charge in [0.2, 0.25) is 0 Å². The lowest BCUT2D eigenvalue weighted by molar-refractivity contribution is -0.142. The Hall–Kier alpha value is -1.52. The summed E-state index contributed by atoms with van der Waals surface area (Å²) in [4.78, 5) is 0. The van der Waals surface area contributed by atoms with E-state index >= 15 is 0 Å². The zero-order valence-corrected chi connectivity index (χ0v) is 8.04. The largest absolute Gasteiger partial charge is 0.408 e. The predicted molar refractivity (Wildman–Crippen MR) is 50.5 cm³/mol. The molecule has 0 saturated carbocycles. The fourth-order valence-electron chi connectivity index (χ4n) is 1.50. The van der Waals surface area contributed by atoms with Gasteiger partial charge >= 0.3 is 6.18 Å². The van der Waals surface area contributed by atoms with E-state index in [1.807, 2.05) is 13.0 Å². The highest BCUT2D eigenvalue weighted by atomic mass is 19.4. The molecule has 0 aliphatic carbocycles. The van der Waals surface area contributed by atoms with E-state index in [0.29, 0.717) is 5.52 Å². The first-order chi connectivity index (χ1) is 6.96. The summed E-state index contributed by atoms with van der Waals surface area (Å²) in [7, 11) is 0. The highest BCUT2D eigenvalue weighted by Crippen LogP contribution is 2.20. The third kappa shape index (κ3) is 2.11. The highest BCUT2D eigenvalue weighted by Gasteiger charge is 2.28. The molecule has 0 aliphatic rings. The number of alkyl halides is 3. The maximum absolute atomic E-state index is 12.1. The predicted octanol–water partition coefficient (Wildman–Crippen LogP) is 2.91. The van der Waals surface area contributed by atoms with E-state index in [2.05, 4.69) is 5.10 Å². The summed E-state index contributed by atoms with van der Waals surface area (Å²) in [5.41, 5.74) is 1.51. The molecule has 2 aromatic rings. The molecule has 0 radical (unpaired) electrons. The van der Waals surface area contributed by atoms with Crippen LogP contribution in [0.1, 0.15) is 5.56 Å². The van der Waals surface area contributed by atoms with Crippen LogP contribution in [0.4, 0.5) is 13.2 Å². The number of rotatable bonds is 1. The molecule has 2 rings (SSSR count). The number of aryl methyl sites for hydroxylation is 1. The zero-order chi connectivity index (χ0) is 11.1. The Balaban J connectivity index is 2.44. The van der Waals surface area contributed by atoms with Gasteiger partial charge in [-0.05, 0) is 12.5 Å². The van der Waals surface area contributed by atoms with E-state index in [-0.39, 0.29) is 0 Å². The summed E-state index contributed by atoms with van der Waals surface area (Å²) in [6.07, 6.45) is -2.81. The normalized spacial score (nSPS) is 12.3. The van der Waals surface area contributed by atoms with E-state index in [4.69, 9.17) is 0 Å². The fourth-order valence-corrected chi connectivity index (χ4v) is 1.50. The summed E-state index contributed by atoms with van der Waals surface area (Å²) >= 11 is 0. The minimum atomic E-state index is -4.23. The molecule has 0 fully saturated rings. The molecule has 0 spiro atoms. The standard InChI is InChI=1S/C10H9F3N2/c1-7-3-2-4-8-5-15(14-9(7)8)6-10(11,12)13/h2-5H,6H2,1H3. The molecule has 2 nitrogen and oxygen atoms in total. The molecule has 0 unspecified atom stereocenters. The van der Waals surface area contributed by atoms with E-state index in [1.165, 1.54) is 6.20 Å². The van der Waals surface area contributed by atoms with Crippen LogP contribution in [0, 0.1) is 6.92 Å². The molecule has 5 heteroatoms. The number of aromatic nitrogens is 2. The van der Waals surface area contributed by atoms with Crippen molar-refractivity contribution in [2.45, 2.75) is 19.6 Å². The van der Waals surface area contributed by atoms with Crippen LogP contribution in [-0.4, -0.2) is 16.0 Å². The van der Waals surface area contributed by atoms with Gasteiger partial charge < -0.3 is 0 Å². The van der Waals surface area contributed by atoms with Crippen LogP contribution >= 0.6 is 0 Å². The van der Waals surface area contributed by atoms with Crippen LogP contribution in [-0.2, 0) is 6.54 Å². The Labute approximate surface area is 84.3 Å². The van der Waals surface area contributed by atoms with E-state index in [1.54, 1.807) is 12.1 Å². The van der Waals surface area contributed by atoms with Crippen LogP contribution in [0.25, 0.3) is 10.9 Å². The number of fused-ring (bicyclic) bond motifs is 1. The molecule has 15 heavy (non-hydrogen) atoms. The number of halogens is 3. The minimum Gasteiger partial charge on any atom is -0.262 e.